The molecule has 2 aromatic heterocycles. The number of aromatic nitrogens is 2. The zero-order valence-electron chi connectivity index (χ0n) is 21.3. The van der Waals surface area contributed by atoms with Crippen molar-refractivity contribution >= 4 is 26.9 Å². The third-order valence-electron chi connectivity index (χ3n) is 6.01. The van der Waals surface area contributed by atoms with Crippen LogP contribution in [0.1, 0.15) is 81.0 Å². The number of nitrogens with zero attached hydrogens (tertiary/aromatic N) is 2. The maximum Gasteiger partial charge on any atom is 0.407 e. The Hall–Kier alpha value is -1.93. The van der Waals surface area contributed by atoms with Crippen molar-refractivity contribution in [2.45, 2.75) is 91.5 Å². The zero-order chi connectivity index (χ0) is 24.5. The summed E-state index contributed by atoms with van der Waals surface area (Å²) in [6.45, 7) is 20.9. The minimum absolute atomic E-state index is 0.141. The van der Waals surface area contributed by atoms with Gasteiger partial charge in [-0.3, -0.25) is 0 Å². The molecule has 0 bridgehead atoms. The van der Waals surface area contributed by atoms with Crippen molar-refractivity contribution in [3.05, 3.63) is 29.8 Å². The van der Waals surface area contributed by atoms with Crippen LogP contribution >= 0.6 is 0 Å². The summed E-state index contributed by atoms with van der Waals surface area (Å²) in [7, 11) is -0.882. The molecule has 6 nitrogen and oxygen atoms in total. The van der Waals surface area contributed by atoms with E-state index >= 15 is 0 Å². The van der Waals surface area contributed by atoms with E-state index in [1.165, 1.54) is 12.3 Å². The van der Waals surface area contributed by atoms with Crippen LogP contribution in [0.25, 0.3) is 11.0 Å². The van der Waals surface area contributed by atoms with Gasteiger partial charge in [0.15, 0.2) is 9.76 Å². The number of amides is 1. The van der Waals surface area contributed by atoms with Crippen LogP contribution in [0.4, 0.5) is 9.18 Å². The lowest BCUT2D eigenvalue weighted by Crippen LogP contribution is -2.37. The summed E-state index contributed by atoms with van der Waals surface area (Å²) in [5.41, 5.74) is 0.425. The Bertz CT molecular complexity index is 948. The molecule has 0 aliphatic carbocycles. The lowest BCUT2D eigenvalue weighted by atomic mass is 9.99. The fourth-order valence-corrected chi connectivity index (χ4v) is 4.45. The Balaban J connectivity index is 2.37. The molecule has 0 saturated carbocycles. The average molecular weight is 466 g/mol. The number of fused-ring (bicyclic) bond motifs is 1. The molecule has 2 rings (SSSR count). The summed E-state index contributed by atoms with van der Waals surface area (Å²) in [4.78, 5) is 16.5. The van der Waals surface area contributed by atoms with Gasteiger partial charge in [-0.05, 0) is 64.6 Å². The third-order valence-corrected chi connectivity index (χ3v) is 8.43. The highest BCUT2D eigenvalue weighted by Gasteiger charge is 2.33. The van der Waals surface area contributed by atoms with Crippen molar-refractivity contribution in [2.75, 3.05) is 6.54 Å². The average Bonchev–Trinajstić information content (AvgIpc) is 3.02. The summed E-state index contributed by atoms with van der Waals surface area (Å²) in [5.74, 6) is 0.137. The molecule has 0 aliphatic rings. The van der Waals surface area contributed by atoms with Gasteiger partial charge in [0.25, 0.3) is 0 Å². The molecule has 0 unspecified atom stereocenters. The fraction of sp³-hybridized carbons (Fsp3) is 0.667. The largest absolute Gasteiger partial charge is 0.444 e. The van der Waals surface area contributed by atoms with Crippen LogP contribution in [-0.4, -0.2) is 37.6 Å². The Labute approximate surface area is 194 Å². The van der Waals surface area contributed by atoms with E-state index in [1.807, 2.05) is 52.2 Å². The number of halogens is 1. The van der Waals surface area contributed by atoms with Gasteiger partial charge in [0, 0.05) is 11.9 Å². The van der Waals surface area contributed by atoms with Crippen molar-refractivity contribution in [3.63, 3.8) is 0 Å². The number of hydrogen-bond donors (Lipinski definition) is 1. The van der Waals surface area contributed by atoms with E-state index in [1.54, 1.807) is 0 Å². The zero-order valence-corrected chi connectivity index (χ0v) is 22.7. The van der Waals surface area contributed by atoms with Gasteiger partial charge in [0.2, 0.25) is 0 Å². The van der Waals surface area contributed by atoms with Crippen molar-refractivity contribution < 1.29 is 18.3 Å². The summed E-state index contributed by atoms with van der Waals surface area (Å²) in [6, 6.07) is 3.30. The molecule has 0 radical (unpaired) electrons. The number of carbonyl (C=O) groups is 1. The molecule has 8 heteroatoms. The normalized spacial score (nSPS) is 14.5. The minimum Gasteiger partial charge on any atom is -0.444 e. The van der Waals surface area contributed by atoms with Gasteiger partial charge in [-0.1, -0.05) is 27.7 Å². The summed E-state index contributed by atoms with van der Waals surface area (Å²) < 4.78 is 27.9. The topological polar surface area (TPSA) is 65.4 Å². The van der Waals surface area contributed by atoms with Gasteiger partial charge in [-0.25, -0.2) is 14.2 Å². The highest BCUT2D eigenvalue weighted by Crippen LogP contribution is 2.38. The maximum absolute atomic E-state index is 13.9. The van der Waals surface area contributed by atoms with E-state index in [2.05, 4.69) is 38.0 Å². The smallest absolute Gasteiger partial charge is 0.407 e. The number of nitrogens with one attached hydrogen (secondary N) is 1. The van der Waals surface area contributed by atoms with Gasteiger partial charge in [-0.15, -0.1) is 0 Å². The van der Waals surface area contributed by atoms with Crippen LogP contribution in [0.2, 0.25) is 5.04 Å². The summed E-state index contributed by atoms with van der Waals surface area (Å²) in [6.07, 6.45) is 0.754. The number of ether oxygens (including phenoxy) is 1. The van der Waals surface area contributed by atoms with E-state index in [9.17, 15) is 9.18 Å². The molecular formula is C24H40FN3O3Si. The van der Waals surface area contributed by atoms with Gasteiger partial charge in [0.05, 0.1) is 23.5 Å². The number of rotatable bonds is 8. The molecule has 0 fully saturated rings. The van der Waals surface area contributed by atoms with Gasteiger partial charge in [-0.2, -0.15) is 0 Å². The van der Waals surface area contributed by atoms with E-state index < -0.39 is 27.1 Å². The van der Waals surface area contributed by atoms with Crippen LogP contribution in [0.3, 0.4) is 0 Å². The molecule has 0 aromatic carbocycles. The number of alkyl carbamates (subject to hydrolysis) is 1. The SMILES string of the molecule is CC(C)C(C)(C)[SiH2]OC(C)(C)c1cc2cc(F)cnc2n1[C@H](C)CNC(=O)OC(C)(C)C. The number of pyridine rings is 1. The molecule has 1 N–H and O–H groups in total. The molecule has 180 valence electrons. The highest BCUT2D eigenvalue weighted by molar-refractivity contribution is 6.32. The van der Waals surface area contributed by atoms with Gasteiger partial charge in [0.1, 0.15) is 17.1 Å². The first kappa shape index (κ1) is 26.3. The van der Waals surface area contributed by atoms with E-state index in [0.717, 1.165) is 5.69 Å². The lowest BCUT2D eigenvalue weighted by molar-refractivity contribution is 0.0520. The summed E-state index contributed by atoms with van der Waals surface area (Å²) in [5, 5.41) is 3.69. The van der Waals surface area contributed by atoms with E-state index in [4.69, 9.17) is 9.16 Å². The molecule has 0 saturated heterocycles. The molecule has 0 spiro atoms. The standard InChI is InChI=1S/C24H40FN3O3Si/c1-15(2)24(9,10)32-31-23(7,8)19-12-17-11-18(25)14-26-20(17)28(19)16(3)13-27-21(29)30-22(4,5)6/h11-12,14-16H,13,32H2,1-10H3,(H,27,29)/t16-/m1/s1. The molecule has 2 heterocycles. The first-order valence-electron chi connectivity index (χ1n) is 11.3. The monoisotopic (exact) mass is 465 g/mol. The number of carbonyl (C=O) groups excluding carboxylic acids is 1. The molecule has 2 aromatic rings. The van der Waals surface area contributed by atoms with Crippen molar-refractivity contribution in [3.8, 4) is 0 Å². The molecular weight excluding hydrogens is 425 g/mol. The van der Waals surface area contributed by atoms with Crippen LogP contribution in [0.5, 0.6) is 0 Å². The second kappa shape index (κ2) is 9.51. The first-order valence-corrected chi connectivity index (χ1v) is 12.6. The number of hydrogen-bond acceptors (Lipinski definition) is 4. The lowest BCUT2D eigenvalue weighted by Gasteiger charge is -2.35. The highest BCUT2D eigenvalue weighted by atomic mass is 28.2. The van der Waals surface area contributed by atoms with Gasteiger partial charge < -0.3 is 19.0 Å². The predicted octanol–water partition coefficient (Wildman–Crippen LogP) is 5.45. The Morgan fingerprint density at radius 3 is 2.34 bits per heavy atom. The van der Waals surface area contributed by atoms with Crippen LogP contribution in [-0.2, 0) is 14.8 Å². The quantitative estimate of drug-likeness (QED) is 0.527. The second-order valence-electron chi connectivity index (χ2n) is 11.1. The van der Waals surface area contributed by atoms with Crippen LogP contribution in [0.15, 0.2) is 18.3 Å². The first-order chi connectivity index (χ1) is 14.5. The van der Waals surface area contributed by atoms with Crippen molar-refractivity contribution in [1.29, 1.82) is 0 Å². The second-order valence-corrected chi connectivity index (χ2v) is 13.5. The molecule has 0 aliphatic heterocycles. The maximum atomic E-state index is 13.9. The molecule has 1 atom stereocenters. The summed E-state index contributed by atoms with van der Waals surface area (Å²) >= 11 is 0. The van der Waals surface area contributed by atoms with Crippen molar-refractivity contribution in [2.24, 2.45) is 5.92 Å². The predicted molar refractivity (Wildman–Crippen MR) is 130 cm³/mol. The minimum atomic E-state index is -0.882. The Kier molecular flexibility index (Phi) is 7.82. The Morgan fingerprint density at radius 2 is 1.78 bits per heavy atom. The van der Waals surface area contributed by atoms with E-state index in [0.29, 0.717) is 23.5 Å². The van der Waals surface area contributed by atoms with Gasteiger partial charge >= 0.3 is 6.09 Å². The van der Waals surface area contributed by atoms with E-state index in [-0.39, 0.29) is 16.9 Å². The van der Waals surface area contributed by atoms with Crippen molar-refractivity contribution in [1.82, 2.24) is 14.9 Å². The van der Waals surface area contributed by atoms with Crippen LogP contribution in [0, 0.1) is 11.7 Å². The molecule has 32 heavy (non-hydrogen) atoms. The third kappa shape index (κ3) is 6.54. The fourth-order valence-electron chi connectivity index (χ4n) is 3.24. The Morgan fingerprint density at radius 1 is 1.16 bits per heavy atom. The molecule has 1 amide bonds. The van der Waals surface area contributed by atoms with Crippen LogP contribution < -0.4 is 5.32 Å².